The number of likely N-dealkylation sites (tertiary alicyclic amines) is 2. The Bertz CT molecular complexity index is 2190. The van der Waals surface area contributed by atoms with Gasteiger partial charge >= 0.3 is 5.82 Å². The molecule has 0 aliphatic carbocycles. The van der Waals surface area contributed by atoms with Crippen LogP contribution in [0.3, 0.4) is 0 Å². The summed E-state index contributed by atoms with van der Waals surface area (Å²) in [6.45, 7) is 5.06. The Morgan fingerprint density at radius 1 is 0.696 bits per heavy atom. The quantitative estimate of drug-likeness (QED) is 0.101. The fourth-order valence-corrected chi connectivity index (χ4v) is 8.67. The molecule has 6 aromatic rings. The van der Waals surface area contributed by atoms with Crippen molar-refractivity contribution in [3.8, 4) is 32.4 Å². The van der Waals surface area contributed by atoms with Crippen molar-refractivity contribution >= 4 is 34.3 Å². The molecule has 0 atom stereocenters. The number of pyridine rings is 4. The molecule has 2 fully saturated rings. The molecule has 56 heavy (non-hydrogen) atoms. The molecular formula is C40H44N10O4S2. The van der Waals surface area contributed by atoms with E-state index in [0.29, 0.717) is 30.0 Å². The van der Waals surface area contributed by atoms with E-state index in [4.69, 9.17) is 15.2 Å². The Morgan fingerprint density at radius 2 is 1.14 bits per heavy atom. The van der Waals surface area contributed by atoms with Crippen LogP contribution in [0.2, 0.25) is 0 Å². The van der Waals surface area contributed by atoms with E-state index in [1.165, 1.54) is 24.0 Å². The second-order valence-corrected chi connectivity index (χ2v) is 16.1. The predicted octanol–water partition coefficient (Wildman–Crippen LogP) is 7.47. The Labute approximate surface area is 333 Å². The molecule has 14 nitrogen and oxygen atoms in total. The van der Waals surface area contributed by atoms with Gasteiger partial charge in [-0.05, 0) is 117 Å². The molecule has 2 aliphatic heterocycles. The molecular weight excluding hydrogens is 749 g/mol. The maximum atomic E-state index is 11.4. The summed E-state index contributed by atoms with van der Waals surface area (Å²) in [6, 6.07) is 11.1. The topological polar surface area (TPSA) is 171 Å². The van der Waals surface area contributed by atoms with E-state index in [9.17, 15) is 10.1 Å². The van der Waals surface area contributed by atoms with Gasteiger partial charge < -0.3 is 35.1 Å². The molecule has 2 N–H and O–H groups in total. The molecule has 2 saturated heterocycles. The summed E-state index contributed by atoms with van der Waals surface area (Å²) >= 11 is 3.38. The zero-order valence-electron chi connectivity index (χ0n) is 31.4. The van der Waals surface area contributed by atoms with Gasteiger partial charge in [0.15, 0.2) is 11.6 Å². The Balaban J connectivity index is 0.000000172. The van der Waals surface area contributed by atoms with Gasteiger partial charge in [0.1, 0.15) is 19.4 Å². The maximum absolute atomic E-state index is 11.4. The second-order valence-electron chi connectivity index (χ2n) is 14.0. The first kappa shape index (κ1) is 38.8. The fourth-order valence-electron chi connectivity index (χ4n) is 6.53. The number of nitro groups is 1. The molecule has 0 radical (unpaired) electrons. The van der Waals surface area contributed by atoms with Crippen LogP contribution in [0, 0.1) is 10.1 Å². The van der Waals surface area contributed by atoms with Crippen molar-refractivity contribution < 1.29 is 14.4 Å². The Morgan fingerprint density at radius 3 is 1.62 bits per heavy atom. The normalized spacial score (nSPS) is 15.5. The molecule has 8 heterocycles. The third-order valence-electron chi connectivity index (χ3n) is 9.93. The molecule has 16 heteroatoms. The van der Waals surface area contributed by atoms with E-state index in [1.807, 2.05) is 30.6 Å². The van der Waals surface area contributed by atoms with Gasteiger partial charge in [0.2, 0.25) is 5.75 Å². The number of thiazole rings is 2. The minimum atomic E-state index is -0.526. The van der Waals surface area contributed by atoms with Gasteiger partial charge in [-0.3, -0.25) is 9.97 Å². The lowest BCUT2D eigenvalue weighted by Gasteiger charge is -2.27. The van der Waals surface area contributed by atoms with E-state index in [1.54, 1.807) is 71.9 Å². The molecule has 0 aromatic carbocycles. The van der Waals surface area contributed by atoms with Crippen LogP contribution in [0.4, 0.5) is 11.6 Å². The van der Waals surface area contributed by atoms with Gasteiger partial charge in [-0.2, -0.15) is 0 Å². The van der Waals surface area contributed by atoms with E-state index in [0.717, 1.165) is 76.0 Å². The first-order valence-electron chi connectivity index (χ1n) is 18.5. The SMILES string of the molecule is CN1CCC(c2ncc(-c3cnc(N)c(OCc4ccncc4)c3)s2)CC1.CN1CCC(c2ncc(-c3cnc([N+](=O)[O-])c(OCc4ccncc4)c3)s2)CC1. The minimum absolute atomic E-state index is 0.151. The van der Waals surface area contributed by atoms with E-state index in [2.05, 4.69) is 53.8 Å². The van der Waals surface area contributed by atoms with Gasteiger partial charge in [-0.1, -0.05) is 0 Å². The number of hydrogen-bond acceptors (Lipinski definition) is 15. The van der Waals surface area contributed by atoms with E-state index >= 15 is 0 Å². The highest BCUT2D eigenvalue weighted by atomic mass is 32.1. The van der Waals surface area contributed by atoms with Crippen LogP contribution >= 0.6 is 22.7 Å². The lowest BCUT2D eigenvalue weighted by Crippen LogP contribution is -2.29. The van der Waals surface area contributed by atoms with E-state index < -0.39 is 4.92 Å². The number of nitrogens with two attached hydrogens (primary N) is 1. The number of nitrogens with zero attached hydrogens (tertiary/aromatic N) is 9. The van der Waals surface area contributed by atoms with Gasteiger partial charge in [-0.15, -0.1) is 22.7 Å². The van der Waals surface area contributed by atoms with Crippen LogP contribution in [-0.4, -0.2) is 84.9 Å². The summed E-state index contributed by atoms with van der Waals surface area (Å²) in [4.78, 5) is 43.2. The summed E-state index contributed by atoms with van der Waals surface area (Å²) < 4.78 is 11.6. The summed E-state index contributed by atoms with van der Waals surface area (Å²) in [5, 5.41) is 13.7. The molecule has 6 aromatic heterocycles. The lowest BCUT2D eigenvalue weighted by atomic mass is 9.98. The van der Waals surface area contributed by atoms with Crippen LogP contribution in [0.25, 0.3) is 20.9 Å². The molecule has 0 bridgehead atoms. The van der Waals surface area contributed by atoms with Gasteiger partial charge in [0.05, 0.1) is 19.8 Å². The largest absolute Gasteiger partial charge is 0.485 e. The summed E-state index contributed by atoms with van der Waals surface area (Å²) in [6.07, 6.45) is 18.4. The molecule has 8 rings (SSSR count). The predicted molar refractivity (Wildman–Crippen MR) is 218 cm³/mol. The van der Waals surface area contributed by atoms with Gasteiger partial charge in [0, 0.05) is 72.4 Å². The molecule has 0 saturated carbocycles. The summed E-state index contributed by atoms with van der Waals surface area (Å²) in [5.41, 5.74) is 9.68. The second kappa shape index (κ2) is 18.5. The number of aromatic nitrogens is 6. The number of nitrogen functional groups attached to an aromatic ring is 1. The fraction of sp³-hybridized carbons (Fsp3) is 0.350. The standard InChI is InChI=1S/C20H21N5O3S.C20H23N5OS/c1-24-8-4-15(5-9-24)20-23-12-18(29-20)16-10-17(19(22-11-16)25(26)27)28-13-14-2-6-21-7-3-14;1-25-8-4-15(5-9-25)20-24-12-18(27-20)16-10-17(19(21)23-11-16)26-13-14-2-6-22-7-3-14/h2-3,6-7,10-12,15H,4-5,8-9,13H2,1H3;2-3,6-7,10-12,15H,4-5,8-9,13H2,1H3,(H2,21,23). The third-order valence-corrected chi connectivity index (χ3v) is 12.3. The van der Waals surface area contributed by atoms with Crippen molar-refractivity contribution in [3.05, 3.63) is 117 Å². The molecule has 0 unspecified atom stereocenters. The van der Waals surface area contributed by atoms with Gasteiger partial charge in [-0.25, -0.2) is 15.0 Å². The van der Waals surface area contributed by atoms with E-state index in [-0.39, 0.29) is 18.2 Å². The summed E-state index contributed by atoms with van der Waals surface area (Å²) in [7, 11) is 4.32. The number of rotatable bonds is 11. The monoisotopic (exact) mass is 792 g/mol. The highest BCUT2D eigenvalue weighted by Crippen LogP contribution is 2.38. The molecule has 0 amide bonds. The third kappa shape index (κ3) is 10.1. The zero-order valence-corrected chi connectivity index (χ0v) is 33.0. The van der Waals surface area contributed by atoms with Crippen LogP contribution in [-0.2, 0) is 13.2 Å². The molecule has 0 spiro atoms. The number of piperidine rings is 2. The maximum Gasteiger partial charge on any atom is 0.406 e. The average Bonchev–Trinajstić information content (AvgIpc) is 3.93. The van der Waals surface area contributed by atoms with Crippen LogP contribution in [0.15, 0.2) is 86.0 Å². The first-order valence-corrected chi connectivity index (χ1v) is 20.1. The highest BCUT2D eigenvalue weighted by Gasteiger charge is 2.24. The number of anilines is 1. The van der Waals surface area contributed by atoms with Crippen molar-refractivity contribution in [1.29, 1.82) is 0 Å². The van der Waals surface area contributed by atoms with Crippen molar-refractivity contribution in [2.45, 2.75) is 50.7 Å². The van der Waals surface area contributed by atoms with Gasteiger partial charge in [0.25, 0.3) is 0 Å². The number of hydrogen-bond donors (Lipinski definition) is 1. The highest BCUT2D eigenvalue weighted by molar-refractivity contribution is 7.15. The Kier molecular flexibility index (Phi) is 12.8. The Hall–Kier alpha value is -5.42. The first-order chi connectivity index (χ1) is 27.3. The lowest BCUT2D eigenvalue weighted by molar-refractivity contribution is -0.390. The molecule has 290 valence electrons. The van der Waals surface area contributed by atoms with Crippen LogP contribution in [0.5, 0.6) is 11.5 Å². The van der Waals surface area contributed by atoms with Crippen molar-refractivity contribution in [2.75, 3.05) is 46.0 Å². The van der Waals surface area contributed by atoms with Crippen molar-refractivity contribution in [2.24, 2.45) is 0 Å². The minimum Gasteiger partial charge on any atom is -0.485 e. The molecule has 2 aliphatic rings. The zero-order chi connectivity index (χ0) is 38.9. The smallest absolute Gasteiger partial charge is 0.406 e. The van der Waals surface area contributed by atoms with Crippen LogP contribution < -0.4 is 15.2 Å². The van der Waals surface area contributed by atoms with Crippen LogP contribution in [0.1, 0.15) is 58.7 Å². The van der Waals surface area contributed by atoms with Crippen molar-refractivity contribution in [3.63, 3.8) is 0 Å². The number of ether oxygens (including phenoxy) is 2. The average molecular weight is 793 g/mol. The van der Waals surface area contributed by atoms with Crippen molar-refractivity contribution in [1.82, 2.24) is 39.7 Å². The summed E-state index contributed by atoms with van der Waals surface area (Å²) in [5.74, 6) is 1.88.